The van der Waals surface area contributed by atoms with E-state index in [1.807, 2.05) is 17.5 Å². The van der Waals surface area contributed by atoms with Crippen molar-refractivity contribution in [2.24, 2.45) is 4.99 Å². The zero-order valence-corrected chi connectivity index (χ0v) is 16.4. The summed E-state index contributed by atoms with van der Waals surface area (Å²) in [7, 11) is 0. The first-order valence-corrected chi connectivity index (χ1v) is 10.3. The van der Waals surface area contributed by atoms with E-state index in [0.29, 0.717) is 18.6 Å². The highest BCUT2D eigenvalue weighted by Crippen LogP contribution is 2.68. The van der Waals surface area contributed by atoms with E-state index in [0.717, 1.165) is 17.1 Å². The topological polar surface area (TPSA) is 32.7 Å². The number of carbonyl (C=O) groups excluding carboxylic acids is 1. The maximum atomic E-state index is 13.0. The van der Waals surface area contributed by atoms with Crippen LogP contribution >= 0.6 is 11.3 Å². The monoisotopic (exact) mass is 374 g/mol. The summed E-state index contributed by atoms with van der Waals surface area (Å²) < 4.78 is 0. The van der Waals surface area contributed by atoms with Gasteiger partial charge in [-0.2, -0.15) is 0 Å². The van der Waals surface area contributed by atoms with Gasteiger partial charge in [-0.3, -0.25) is 9.79 Å². The molecule has 2 aromatic rings. The van der Waals surface area contributed by atoms with E-state index in [1.165, 1.54) is 16.7 Å². The molecule has 27 heavy (non-hydrogen) atoms. The average molecular weight is 375 g/mol. The van der Waals surface area contributed by atoms with E-state index in [9.17, 15) is 4.79 Å². The standard InChI is InChI=1S/C23H22N2OS/c1-16-5-8-18(9-6-16)23-15-22(23,13-19(26)12-20-4-3-11-27-20)25-14-17(2)7-10-21(25)24-23/h3-11,14H,12-13,15H2,1-2H3. The van der Waals surface area contributed by atoms with Crippen molar-refractivity contribution < 1.29 is 4.79 Å². The summed E-state index contributed by atoms with van der Waals surface area (Å²) in [6.45, 7) is 4.20. The molecule has 136 valence electrons. The number of rotatable bonds is 5. The van der Waals surface area contributed by atoms with Gasteiger partial charge in [-0.05, 0) is 42.5 Å². The van der Waals surface area contributed by atoms with Gasteiger partial charge in [0.25, 0.3) is 0 Å². The van der Waals surface area contributed by atoms with Gasteiger partial charge in [0.2, 0.25) is 0 Å². The number of hydrogen-bond acceptors (Lipinski definition) is 4. The molecule has 3 nitrogen and oxygen atoms in total. The van der Waals surface area contributed by atoms with Crippen LogP contribution in [0.3, 0.4) is 0 Å². The minimum atomic E-state index is -0.299. The summed E-state index contributed by atoms with van der Waals surface area (Å²) >= 11 is 1.66. The number of carbonyl (C=O) groups is 1. The zero-order chi connectivity index (χ0) is 18.6. The van der Waals surface area contributed by atoms with Crippen molar-refractivity contribution in [2.45, 2.75) is 44.2 Å². The molecular weight excluding hydrogens is 352 g/mol. The minimum absolute atomic E-state index is 0.252. The molecule has 1 aliphatic carbocycles. The molecule has 1 fully saturated rings. The third-order valence-corrected chi connectivity index (χ3v) is 6.88. The van der Waals surface area contributed by atoms with Gasteiger partial charge in [-0.15, -0.1) is 11.3 Å². The number of hydrogen-bond donors (Lipinski definition) is 0. The Kier molecular flexibility index (Phi) is 3.57. The zero-order valence-electron chi connectivity index (χ0n) is 15.6. The molecule has 5 rings (SSSR count). The van der Waals surface area contributed by atoms with E-state index in [1.54, 1.807) is 11.3 Å². The summed E-state index contributed by atoms with van der Waals surface area (Å²) in [6.07, 6.45) is 8.31. The first-order valence-electron chi connectivity index (χ1n) is 9.39. The molecule has 0 saturated heterocycles. The van der Waals surface area contributed by atoms with Gasteiger partial charge in [0.05, 0.1) is 5.54 Å². The second-order valence-corrected chi connectivity index (χ2v) is 8.98. The van der Waals surface area contributed by atoms with E-state index in [4.69, 9.17) is 4.99 Å². The third kappa shape index (κ3) is 2.47. The van der Waals surface area contributed by atoms with E-state index < -0.39 is 0 Å². The quantitative estimate of drug-likeness (QED) is 0.754. The fourth-order valence-electron chi connectivity index (χ4n) is 4.59. The summed E-state index contributed by atoms with van der Waals surface area (Å²) in [5.74, 6) is 1.28. The Morgan fingerprint density at radius 2 is 2.00 bits per heavy atom. The van der Waals surface area contributed by atoms with Crippen LogP contribution in [0.1, 0.15) is 35.8 Å². The van der Waals surface area contributed by atoms with Crippen LogP contribution in [0.4, 0.5) is 0 Å². The molecule has 2 aliphatic heterocycles. The Bertz CT molecular complexity index is 1000. The molecule has 0 amide bonds. The number of aryl methyl sites for hydroxylation is 1. The molecule has 1 saturated carbocycles. The van der Waals surface area contributed by atoms with Gasteiger partial charge >= 0.3 is 0 Å². The average Bonchev–Trinajstić information content (AvgIpc) is 2.93. The van der Waals surface area contributed by atoms with Crippen LogP contribution in [-0.4, -0.2) is 22.1 Å². The molecule has 0 N–H and O–H groups in total. The molecule has 2 unspecified atom stereocenters. The number of allylic oxidation sites excluding steroid dienone is 2. The highest BCUT2D eigenvalue weighted by Gasteiger charge is 2.75. The van der Waals surface area contributed by atoms with Crippen molar-refractivity contribution in [1.82, 2.24) is 4.90 Å². The van der Waals surface area contributed by atoms with Gasteiger partial charge in [-0.25, -0.2) is 0 Å². The number of benzene rings is 1. The van der Waals surface area contributed by atoms with Gasteiger partial charge < -0.3 is 4.90 Å². The van der Waals surface area contributed by atoms with Gasteiger partial charge in [-0.1, -0.05) is 42.0 Å². The number of nitrogens with zero attached hydrogens (tertiary/aromatic N) is 2. The molecule has 4 heteroatoms. The van der Waals surface area contributed by atoms with Crippen molar-refractivity contribution in [1.29, 1.82) is 0 Å². The van der Waals surface area contributed by atoms with Crippen LogP contribution in [0.25, 0.3) is 0 Å². The Morgan fingerprint density at radius 3 is 2.74 bits per heavy atom. The Morgan fingerprint density at radius 1 is 1.19 bits per heavy atom. The van der Waals surface area contributed by atoms with Crippen molar-refractivity contribution in [3.63, 3.8) is 0 Å². The fraction of sp³-hybridized carbons (Fsp3) is 0.304. The second kappa shape index (κ2) is 5.77. The largest absolute Gasteiger partial charge is 0.324 e. The third-order valence-electron chi connectivity index (χ3n) is 6.00. The molecule has 3 heterocycles. The number of amidine groups is 1. The Labute approximate surface area is 163 Å². The summed E-state index contributed by atoms with van der Waals surface area (Å²) in [6, 6.07) is 12.7. The predicted octanol–water partition coefficient (Wildman–Crippen LogP) is 4.78. The summed E-state index contributed by atoms with van der Waals surface area (Å²) in [5, 5.41) is 2.03. The first kappa shape index (κ1) is 16.7. The van der Waals surface area contributed by atoms with E-state index >= 15 is 0 Å². The first-order chi connectivity index (χ1) is 13.0. The highest BCUT2D eigenvalue weighted by atomic mass is 32.1. The van der Waals surface area contributed by atoms with Gasteiger partial charge in [0, 0.05) is 30.3 Å². The number of Topliss-reactive ketones (excluding diaryl/α,β-unsaturated/α-hetero) is 1. The fourth-order valence-corrected chi connectivity index (χ4v) is 5.32. The van der Waals surface area contributed by atoms with Crippen LogP contribution < -0.4 is 0 Å². The van der Waals surface area contributed by atoms with Crippen LogP contribution in [0.2, 0.25) is 0 Å². The number of aliphatic imine (C=N–C) groups is 1. The molecule has 3 aliphatic rings. The normalized spacial score (nSPS) is 27.7. The molecule has 0 bridgehead atoms. The molecule has 2 atom stereocenters. The van der Waals surface area contributed by atoms with Crippen LogP contribution in [-0.2, 0) is 16.8 Å². The smallest absolute Gasteiger partial charge is 0.140 e. The lowest BCUT2D eigenvalue weighted by Crippen LogP contribution is -2.40. The number of ketones is 1. The number of thiophene rings is 1. The summed E-state index contributed by atoms with van der Waals surface area (Å²) in [5.41, 5.74) is 3.11. The molecule has 1 aromatic carbocycles. The number of fused-ring (bicyclic) bond motifs is 3. The second-order valence-electron chi connectivity index (χ2n) is 7.95. The van der Waals surface area contributed by atoms with Crippen LogP contribution in [0.5, 0.6) is 0 Å². The molecule has 0 spiro atoms. The van der Waals surface area contributed by atoms with Crippen molar-refractivity contribution in [3.8, 4) is 0 Å². The van der Waals surface area contributed by atoms with Crippen molar-refractivity contribution >= 4 is 23.0 Å². The van der Waals surface area contributed by atoms with Crippen molar-refractivity contribution in [2.75, 3.05) is 0 Å². The minimum Gasteiger partial charge on any atom is -0.324 e. The molecule has 0 radical (unpaired) electrons. The lowest BCUT2D eigenvalue weighted by molar-refractivity contribution is -0.119. The Hall–Kier alpha value is -2.46. The van der Waals surface area contributed by atoms with E-state index in [2.05, 4.69) is 61.4 Å². The van der Waals surface area contributed by atoms with E-state index in [-0.39, 0.29) is 11.1 Å². The maximum Gasteiger partial charge on any atom is 0.140 e. The molecule has 1 aromatic heterocycles. The SMILES string of the molecule is CC1=CN2C(=NC3(c4ccc(C)cc4)CC23CC(=O)Cc2cccs2)C=C1. The predicted molar refractivity (Wildman–Crippen MR) is 110 cm³/mol. The van der Waals surface area contributed by atoms with Crippen LogP contribution in [0, 0.1) is 6.92 Å². The van der Waals surface area contributed by atoms with Gasteiger partial charge in [0.1, 0.15) is 17.2 Å². The van der Waals surface area contributed by atoms with Gasteiger partial charge in [0.15, 0.2) is 0 Å². The lowest BCUT2D eigenvalue weighted by Gasteiger charge is -2.30. The Balaban J connectivity index is 1.51. The summed E-state index contributed by atoms with van der Waals surface area (Å²) in [4.78, 5) is 21.5. The van der Waals surface area contributed by atoms with Crippen molar-refractivity contribution in [3.05, 3.63) is 81.7 Å². The van der Waals surface area contributed by atoms with Crippen LogP contribution in [0.15, 0.2) is 70.7 Å². The highest BCUT2D eigenvalue weighted by molar-refractivity contribution is 7.10. The molecular formula is C23H22N2OS. The lowest BCUT2D eigenvalue weighted by atomic mass is 9.94. The maximum absolute atomic E-state index is 13.0.